The summed E-state index contributed by atoms with van der Waals surface area (Å²) in [5, 5.41) is 11.2. The van der Waals surface area contributed by atoms with Crippen LogP contribution in [0.25, 0.3) is 22.3 Å². The van der Waals surface area contributed by atoms with Crippen molar-refractivity contribution in [2.75, 3.05) is 0 Å². The largest absolute Gasteiger partial charge is 0.481 e. The average Bonchev–Trinajstić information content (AvgIpc) is 3.74. The highest BCUT2D eigenvalue weighted by Gasteiger charge is 2.74. The van der Waals surface area contributed by atoms with Crippen LogP contribution >= 0.6 is 0 Å². The zero-order valence-electron chi connectivity index (χ0n) is 26.7. The standard InChI is InChI=1S/C42H42O2/c1-39(2,3)33-21-17-29(18-22-33)31-25-32(30-19-23-34(24-20-30)40(4,5)6)27-37(26-31)42(38(43)44)28-41(42,35-13-9-7-10-14-35)36-15-11-8-12-16-36/h7-27H,28H2,1-6H3,(H,43,44)/t42-/m0/s1. The van der Waals surface area contributed by atoms with Crippen molar-refractivity contribution in [2.24, 2.45) is 0 Å². The summed E-state index contributed by atoms with van der Waals surface area (Å²) in [5.74, 6) is -0.792. The summed E-state index contributed by atoms with van der Waals surface area (Å²) in [6.07, 6.45) is 0.498. The van der Waals surface area contributed by atoms with Crippen molar-refractivity contribution in [2.45, 2.75) is 69.6 Å². The zero-order chi connectivity index (χ0) is 31.3. The Kier molecular flexibility index (Phi) is 7.16. The summed E-state index contributed by atoms with van der Waals surface area (Å²) in [6.45, 7) is 13.3. The first-order valence-corrected chi connectivity index (χ1v) is 15.6. The average molecular weight is 579 g/mol. The summed E-state index contributed by atoms with van der Waals surface area (Å²) in [4.78, 5) is 13.7. The first-order valence-electron chi connectivity index (χ1n) is 15.6. The van der Waals surface area contributed by atoms with Crippen molar-refractivity contribution in [3.8, 4) is 22.3 Å². The fraction of sp³-hybridized carbons (Fsp3) is 0.262. The van der Waals surface area contributed by atoms with Crippen molar-refractivity contribution in [1.29, 1.82) is 0 Å². The highest BCUT2D eigenvalue weighted by atomic mass is 16.4. The summed E-state index contributed by atoms with van der Waals surface area (Å²) in [6, 6.07) is 44.3. The van der Waals surface area contributed by atoms with Gasteiger partial charge in [-0.1, -0.05) is 151 Å². The first-order chi connectivity index (χ1) is 20.9. The van der Waals surface area contributed by atoms with Crippen LogP contribution in [-0.4, -0.2) is 11.1 Å². The van der Waals surface area contributed by atoms with Gasteiger partial charge in [-0.25, -0.2) is 0 Å². The van der Waals surface area contributed by atoms with Gasteiger partial charge in [0.2, 0.25) is 0 Å². The highest BCUT2D eigenvalue weighted by Crippen LogP contribution is 2.69. The molecule has 0 spiro atoms. The molecule has 0 aliphatic heterocycles. The Morgan fingerprint density at radius 3 is 1.25 bits per heavy atom. The molecule has 5 aromatic carbocycles. The number of carbonyl (C=O) groups is 1. The Balaban J connectivity index is 1.58. The summed E-state index contributed by atoms with van der Waals surface area (Å²) in [7, 11) is 0. The number of benzene rings is 5. The van der Waals surface area contributed by atoms with Crippen LogP contribution in [-0.2, 0) is 26.5 Å². The van der Waals surface area contributed by atoms with E-state index in [0.717, 1.165) is 38.9 Å². The van der Waals surface area contributed by atoms with Gasteiger partial charge in [-0.05, 0) is 85.5 Å². The molecule has 1 aliphatic rings. The molecule has 2 nitrogen and oxygen atoms in total. The van der Waals surface area contributed by atoms with Gasteiger partial charge in [-0.15, -0.1) is 0 Å². The van der Waals surface area contributed by atoms with Crippen molar-refractivity contribution < 1.29 is 9.90 Å². The third-order valence-corrected chi connectivity index (χ3v) is 9.63. The van der Waals surface area contributed by atoms with Crippen LogP contribution in [0.2, 0.25) is 0 Å². The lowest BCUT2D eigenvalue weighted by atomic mass is 9.76. The minimum absolute atomic E-state index is 0.0483. The van der Waals surface area contributed by atoms with Crippen molar-refractivity contribution in [3.63, 3.8) is 0 Å². The van der Waals surface area contributed by atoms with Gasteiger partial charge in [0.15, 0.2) is 0 Å². The maximum absolute atomic E-state index is 13.7. The van der Waals surface area contributed by atoms with E-state index in [1.807, 2.05) is 36.4 Å². The van der Waals surface area contributed by atoms with Gasteiger partial charge in [-0.2, -0.15) is 0 Å². The second-order valence-corrected chi connectivity index (χ2v) is 14.5. The van der Waals surface area contributed by atoms with E-state index in [4.69, 9.17) is 0 Å². The topological polar surface area (TPSA) is 37.3 Å². The van der Waals surface area contributed by atoms with Crippen LogP contribution in [0.4, 0.5) is 0 Å². The van der Waals surface area contributed by atoms with Crippen LogP contribution in [0.1, 0.15) is 75.8 Å². The quantitative estimate of drug-likeness (QED) is 0.218. The molecule has 1 aliphatic carbocycles. The van der Waals surface area contributed by atoms with Crippen LogP contribution in [0.3, 0.4) is 0 Å². The van der Waals surface area contributed by atoms with E-state index in [1.54, 1.807) is 0 Å². The Morgan fingerprint density at radius 2 is 0.909 bits per heavy atom. The Labute approximate surface area is 262 Å². The highest BCUT2D eigenvalue weighted by molar-refractivity contribution is 5.93. The molecule has 1 fully saturated rings. The maximum Gasteiger partial charge on any atom is 0.315 e. The minimum Gasteiger partial charge on any atom is -0.481 e. The predicted molar refractivity (Wildman–Crippen MR) is 182 cm³/mol. The van der Waals surface area contributed by atoms with Gasteiger partial charge in [0.25, 0.3) is 0 Å². The molecule has 6 rings (SSSR count). The number of carboxylic acid groups (broad SMARTS) is 1. The SMILES string of the molecule is CC(C)(C)c1ccc(-c2cc(-c3ccc(C(C)(C)C)cc3)cc([C@]3(C(=O)O)CC3(c3ccccc3)c3ccccc3)c2)cc1. The molecule has 0 unspecified atom stereocenters. The molecular formula is C42H42O2. The van der Waals surface area contributed by atoms with E-state index < -0.39 is 16.8 Å². The van der Waals surface area contributed by atoms with Gasteiger partial charge >= 0.3 is 5.97 Å². The molecular weight excluding hydrogens is 536 g/mol. The molecule has 0 heterocycles. The van der Waals surface area contributed by atoms with E-state index in [1.165, 1.54) is 11.1 Å². The van der Waals surface area contributed by atoms with Gasteiger partial charge < -0.3 is 5.11 Å². The summed E-state index contributed by atoms with van der Waals surface area (Å²) >= 11 is 0. The Bertz CT molecular complexity index is 1670. The monoisotopic (exact) mass is 578 g/mol. The number of rotatable bonds is 6. The fourth-order valence-electron chi connectivity index (χ4n) is 6.93. The minimum atomic E-state index is -1.11. The number of carboxylic acids is 1. The van der Waals surface area contributed by atoms with Gasteiger partial charge in [0.05, 0.1) is 0 Å². The van der Waals surface area contributed by atoms with Gasteiger partial charge in [0, 0.05) is 5.41 Å². The molecule has 0 bridgehead atoms. The van der Waals surface area contributed by atoms with Crippen LogP contribution < -0.4 is 0 Å². The Morgan fingerprint density at radius 1 is 0.523 bits per heavy atom. The molecule has 0 aromatic heterocycles. The molecule has 1 saturated carbocycles. The summed E-state index contributed by atoms with van der Waals surface area (Å²) in [5.41, 5.74) is 7.97. The molecule has 1 atom stereocenters. The molecule has 5 aromatic rings. The van der Waals surface area contributed by atoms with E-state index >= 15 is 0 Å². The molecule has 222 valence electrons. The second kappa shape index (κ2) is 10.6. The maximum atomic E-state index is 13.7. The van der Waals surface area contributed by atoms with E-state index in [9.17, 15) is 9.90 Å². The summed E-state index contributed by atoms with van der Waals surface area (Å²) < 4.78 is 0. The fourth-order valence-corrected chi connectivity index (χ4v) is 6.93. The lowest BCUT2D eigenvalue weighted by Gasteiger charge is -2.26. The second-order valence-electron chi connectivity index (χ2n) is 14.5. The molecule has 0 amide bonds. The van der Waals surface area contributed by atoms with Crippen molar-refractivity contribution >= 4 is 5.97 Å². The van der Waals surface area contributed by atoms with Gasteiger partial charge in [-0.3, -0.25) is 4.79 Å². The van der Waals surface area contributed by atoms with Crippen molar-refractivity contribution in [1.82, 2.24) is 0 Å². The lowest BCUT2D eigenvalue weighted by Crippen LogP contribution is -2.31. The van der Waals surface area contributed by atoms with E-state index in [2.05, 4.69) is 133 Å². The smallest absolute Gasteiger partial charge is 0.315 e. The first kappa shape index (κ1) is 29.6. The third-order valence-electron chi connectivity index (χ3n) is 9.63. The van der Waals surface area contributed by atoms with Crippen LogP contribution in [0.15, 0.2) is 127 Å². The molecule has 0 radical (unpaired) electrons. The van der Waals surface area contributed by atoms with E-state index in [-0.39, 0.29) is 10.8 Å². The lowest BCUT2D eigenvalue weighted by molar-refractivity contribution is -0.140. The van der Waals surface area contributed by atoms with Crippen LogP contribution in [0, 0.1) is 0 Å². The van der Waals surface area contributed by atoms with Crippen molar-refractivity contribution in [3.05, 3.63) is 155 Å². The number of hydrogen-bond donors (Lipinski definition) is 1. The molecule has 1 N–H and O–H groups in total. The molecule has 44 heavy (non-hydrogen) atoms. The molecule has 0 saturated heterocycles. The van der Waals surface area contributed by atoms with Crippen LogP contribution in [0.5, 0.6) is 0 Å². The number of hydrogen-bond acceptors (Lipinski definition) is 1. The predicted octanol–water partition coefficient (Wildman–Crippen LogP) is 10.3. The molecule has 2 heteroatoms. The number of aliphatic carboxylic acids is 1. The van der Waals surface area contributed by atoms with Gasteiger partial charge in [0.1, 0.15) is 5.41 Å². The third kappa shape index (κ3) is 4.97. The Hall–Kier alpha value is -4.43. The normalized spacial score (nSPS) is 17.7. The van der Waals surface area contributed by atoms with E-state index in [0.29, 0.717) is 6.42 Å². The zero-order valence-corrected chi connectivity index (χ0v) is 26.7.